The van der Waals surface area contributed by atoms with Crippen LogP contribution >= 0.6 is 24.8 Å². The molecule has 2 heterocycles. The molecule has 126 valence electrons. The molecule has 1 N–H and O–H groups in total. The van der Waals surface area contributed by atoms with Crippen molar-refractivity contribution in [3.8, 4) is 5.75 Å². The quantitative estimate of drug-likeness (QED) is 0.826. The van der Waals surface area contributed by atoms with Crippen LogP contribution in [0.4, 0.5) is 0 Å². The molecule has 0 bridgehead atoms. The summed E-state index contributed by atoms with van der Waals surface area (Å²) in [7, 11) is 0. The minimum atomic E-state index is 0. The maximum atomic E-state index is 6.04. The van der Waals surface area contributed by atoms with Gasteiger partial charge in [-0.05, 0) is 62.5 Å². The van der Waals surface area contributed by atoms with Crippen LogP contribution in [0.1, 0.15) is 36.8 Å². The summed E-state index contributed by atoms with van der Waals surface area (Å²) in [6.45, 7) is 6.66. The minimum Gasteiger partial charge on any atom is -0.493 e. The van der Waals surface area contributed by atoms with Crippen LogP contribution in [0.2, 0.25) is 0 Å². The first-order valence-corrected chi connectivity index (χ1v) is 8.10. The topological polar surface area (TPSA) is 24.5 Å². The predicted octanol–water partition coefficient (Wildman–Crippen LogP) is 3.43. The summed E-state index contributed by atoms with van der Waals surface area (Å²) >= 11 is 0. The van der Waals surface area contributed by atoms with Gasteiger partial charge in [0.15, 0.2) is 0 Å². The highest BCUT2D eigenvalue weighted by Gasteiger charge is 2.13. The van der Waals surface area contributed by atoms with Crippen LogP contribution in [-0.2, 0) is 13.0 Å². The third-order valence-electron chi connectivity index (χ3n) is 4.42. The SMILES string of the molecule is Cl.Cl.c1cc2c(c(OCCCN3CCCCC3)c1)CCNC2. The summed E-state index contributed by atoms with van der Waals surface area (Å²) < 4.78 is 6.04. The molecule has 2 aliphatic rings. The Balaban J connectivity index is 0.00000121. The van der Waals surface area contributed by atoms with Gasteiger partial charge in [0.25, 0.3) is 0 Å². The average Bonchev–Trinajstić information content (AvgIpc) is 2.53. The van der Waals surface area contributed by atoms with Gasteiger partial charge in [-0.1, -0.05) is 18.6 Å². The average molecular weight is 347 g/mol. The summed E-state index contributed by atoms with van der Waals surface area (Å²) in [4.78, 5) is 2.58. The second-order valence-corrected chi connectivity index (χ2v) is 5.92. The number of piperidine rings is 1. The standard InChI is InChI=1S/C17H26N2O.2ClH/c1-2-10-19(11-3-1)12-5-13-20-17-7-4-6-15-14-18-9-8-16(15)17;;/h4,6-7,18H,1-3,5,8-14H2;2*1H. The highest BCUT2D eigenvalue weighted by atomic mass is 35.5. The van der Waals surface area contributed by atoms with E-state index in [-0.39, 0.29) is 24.8 Å². The van der Waals surface area contributed by atoms with Gasteiger partial charge in [-0.15, -0.1) is 24.8 Å². The Hall–Kier alpha value is -0.480. The lowest BCUT2D eigenvalue weighted by molar-refractivity contribution is 0.204. The number of nitrogens with zero attached hydrogens (tertiary/aromatic N) is 1. The van der Waals surface area contributed by atoms with Gasteiger partial charge in [0.2, 0.25) is 0 Å². The fourth-order valence-electron chi connectivity index (χ4n) is 3.29. The zero-order valence-electron chi connectivity index (χ0n) is 13.2. The summed E-state index contributed by atoms with van der Waals surface area (Å²) in [5.41, 5.74) is 2.83. The highest BCUT2D eigenvalue weighted by Crippen LogP contribution is 2.25. The Morgan fingerprint density at radius 3 is 2.73 bits per heavy atom. The summed E-state index contributed by atoms with van der Waals surface area (Å²) in [6.07, 6.45) is 6.40. The van der Waals surface area contributed by atoms with Gasteiger partial charge in [0.1, 0.15) is 5.75 Å². The minimum absolute atomic E-state index is 0. The molecule has 0 atom stereocenters. The molecule has 0 aromatic heterocycles. The summed E-state index contributed by atoms with van der Waals surface area (Å²) in [6, 6.07) is 6.46. The molecule has 0 spiro atoms. The zero-order valence-corrected chi connectivity index (χ0v) is 14.8. The lowest BCUT2D eigenvalue weighted by Crippen LogP contribution is -2.31. The van der Waals surface area contributed by atoms with Crippen molar-refractivity contribution >= 4 is 24.8 Å². The van der Waals surface area contributed by atoms with E-state index in [1.54, 1.807) is 0 Å². The van der Waals surface area contributed by atoms with E-state index in [2.05, 4.69) is 28.4 Å². The van der Waals surface area contributed by atoms with E-state index in [0.717, 1.165) is 38.3 Å². The van der Waals surface area contributed by atoms with E-state index in [9.17, 15) is 0 Å². The number of hydrogen-bond acceptors (Lipinski definition) is 3. The Morgan fingerprint density at radius 2 is 1.91 bits per heavy atom. The normalized spacial score (nSPS) is 17.8. The Kier molecular flexibility index (Phi) is 9.18. The van der Waals surface area contributed by atoms with Crippen LogP contribution in [0.15, 0.2) is 18.2 Å². The number of hydrogen-bond donors (Lipinski definition) is 1. The summed E-state index contributed by atoms with van der Waals surface area (Å²) in [5.74, 6) is 1.11. The zero-order chi connectivity index (χ0) is 13.6. The Morgan fingerprint density at radius 1 is 1.09 bits per heavy atom. The molecule has 1 aromatic carbocycles. The molecule has 2 aliphatic heterocycles. The maximum Gasteiger partial charge on any atom is 0.122 e. The van der Waals surface area contributed by atoms with Crippen LogP contribution in [0.25, 0.3) is 0 Å². The maximum absolute atomic E-state index is 6.04. The molecule has 22 heavy (non-hydrogen) atoms. The third-order valence-corrected chi connectivity index (χ3v) is 4.42. The first-order chi connectivity index (χ1) is 9.93. The second kappa shape index (κ2) is 10.3. The van der Waals surface area contributed by atoms with Gasteiger partial charge in [-0.2, -0.15) is 0 Å². The van der Waals surface area contributed by atoms with Gasteiger partial charge >= 0.3 is 0 Å². The van der Waals surface area contributed by atoms with E-state index in [4.69, 9.17) is 4.74 Å². The number of fused-ring (bicyclic) bond motifs is 1. The van der Waals surface area contributed by atoms with Gasteiger partial charge in [0.05, 0.1) is 6.61 Å². The lowest BCUT2D eigenvalue weighted by Gasteiger charge is -2.26. The largest absolute Gasteiger partial charge is 0.493 e. The molecule has 0 saturated carbocycles. The monoisotopic (exact) mass is 346 g/mol. The van der Waals surface area contributed by atoms with Gasteiger partial charge < -0.3 is 15.0 Å². The fraction of sp³-hybridized carbons (Fsp3) is 0.647. The van der Waals surface area contributed by atoms with E-state index in [1.165, 1.54) is 50.0 Å². The number of benzene rings is 1. The summed E-state index contributed by atoms with van der Waals surface area (Å²) in [5, 5.41) is 3.42. The van der Waals surface area contributed by atoms with Crippen molar-refractivity contribution in [1.29, 1.82) is 0 Å². The van der Waals surface area contributed by atoms with Crippen LogP contribution in [-0.4, -0.2) is 37.7 Å². The fourth-order valence-corrected chi connectivity index (χ4v) is 3.29. The molecule has 1 aromatic rings. The highest BCUT2D eigenvalue weighted by molar-refractivity contribution is 5.85. The number of likely N-dealkylation sites (tertiary alicyclic amines) is 1. The molecule has 1 saturated heterocycles. The Labute approximate surface area is 146 Å². The van der Waals surface area contributed by atoms with Crippen LogP contribution < -0.4 is 10.1 Å². The second-order valence-electron chi connectivity index (χ2n) is 5.92. The van der Waals surface area contributed by atoms with Crippen molar-refractivity contribution in [2.45, 2.75) is 38.6 Å². The predicted molar refractivity (Wildman–Crippen MR) is 96.8 cm³/mol. The van der Waals surface area contributed by atoms with Crippen molar-refractivity contribution in [2.75, 3.05) is 32.8 Å². The molecule has 5 heteroatoms. The molecule has 3 rings (SSSR count). The lowest BCUT2D eigenvalue weighted by atomic mass is 10.0. The van der Waals surface area contributed by atoms with Gasteiger partial charge in [0, 0.05) is 13.1 Å². The van der Waals surface area contributed by atoms with Crippen LogP contribution in [0.3, 0.4) is 0 Å². The van der Waals surface area contributed by atoms with E-state index in [0.29, 0.717) is 0 Å². The number of ether oxygens (including phenoxy) is 1. The van der Waals surface area contributed by atoms with Crippen molar-refractivity contribution in [1.82, 2.24) is 10.2 Å². The third kappa shape index (κ3) is 5.31. The molecular formula is C17H28Cl2N2O. The van der Waals surface area contributed by atoms with Crippen LogP contribution in [0, 0.1) is 0 Å². The molecule has 0 radical (unpaired) electrons. The van der Waals surface area contributed by atoms with Gasteiger partial charge in [-0.25, -0.2) is 0 Å². The van der Waals surface area contributed by atoms with E-state index >= 15 is 0 Å². The molecule has 1 fully saturated rings. The smallest absolute Gasteiger partial charge is 0.122 e. The van der Waals surface area contributed by atoms with Crippen LogP contribution in [0.5, 0.6) is 5.75 Å². The van der Waals surface area contributed by atoms with Gasteiger partial charge in [-0.3, -0.25) is 0 Å². The van der Waals surface area contributed by atoms with Crippen molar-refractivity contribution < 1.29 is 4.74 Å². The molecule has 0 amide bonds. The first-order valence-electron chi connectivity index (χ1n) is 8.10. The number of nitrogens with one attached hydrogen (secondary N) is 1. The van der Waals surface area contributed by atoms with Crippen molar-refractivity contribution in [3.63, 3.8) is 0 Å². The number of halogens is 2. The van der Waals surface area contributed by atoms with E-state index < -0.39 is 0 Å². The van der Waals surface area contributed by atoms with Crippen molar-refractivity contribution in [2.24, 2.45) is 0 Å². The number of rotatable bonds is 5. The molecule has 0 unspecified atom stereocenters. The molecule has 0 aliphatic carbocycles. The first kappa shape index (κ1) is 19.6. The van der Waals surface area contributed by atoms with E-state index in [1.807, 2.05) is 0 Å². The molecule has 3 nitrogen and oxygen atoms in total. The van der Waals surface area contributed by atoms with Crippen molar-refractivity contribution in [3.05, 3.63) is 29.3 Å². The Bertz CT molecular complexity index is 437. The molecular weight excluding hydrogens is 319 g/mol.